The van der Waals surface area contributed by atoms with Crippen molar-refractivity contribution < 1.29 is 89.4 Å². The number of amides is 1. The summed E-state index contributed by atoms with van der Waals surface area (Å²) in [4.78, 5) is 13.6. The third-order valence-electron chi connectivity index (χ3n) is 24.3. The second-order valence-corrected chi connectivity index (χ2v) is 34.5. The Morgan fingerprint density at radius 2 is 0.562 bits per heavy atom. The van der Waals surface area contributed by atoms with Gasteiger partial charge in [0.2, 0.25) is 5.91 Å². The fourth-order valence-electron chi connectivity index (χ4n) is 16.7. The second-order valence-electron chi connectivity index (χ2n) is 34.5. The van der Waals surface area contributed by atoms with Crippen molar-refractivity contribution in [2.75, 3.05) is 26.4 Å². The molecule has 0 aromatic rings. The van der Waals surface area contributed by atoms with Gasteiger partial charge < -0.3 is 89.9 Å². The van der Waals surface area contributed by atoms with Gasteiger partial charge in [0.05, 0.1) is 38.6 Å². The minimum absolute atomic E-state index is 0.231. The Hall–Kier alpha value is -1.47. The third kappa shape index (κ3) is 51.2. The molecular formula is C93H179NO18. The van der Waals surface area contributed by atoms with Gasteiger partial charge in [-0.3, -0.25) is 4.79 Å². The zero-order valence-corrected chi connectivity index (χ0v) is 72.0. The highest BCUT2D eigenvalue weighted by molar-refractivity contribution is 5.76. The summed E-state index contributed by atoms with van der Waals surface area (Å²) in [7, 11) is 0. The molecule has 1 amide bonds. The first-order chi connectivity index (χ1) is 54.8. The maximum atomic E-state index is 13.6. The lowest BCUT2D eigenvalue weighted by Gasteiger charge is -2.48. The average Bonchev–Trinajstić information content (AvgIpc) is 0.781. The van der Waals surface area contributed by atoms with Gasteiger partial charge in [0.1, 0.15) is 73.2 Å². The van der Waals surface area contributed by atoms with Crippen molar-refractivity contribution in [3.05, 3.63) is 12.2 Å². The summed E-state index contributed by atoms with van der Waals surface area (Å²) in [5, 5.41) is 121. The number of rotatable bonds is 80. The van der Waals surface area contributed by atoms with E-state index in [-0.39, 0.29) is 18.9 Å². The molecule has 3 saturated heterocycles. The van der Waals surface area contributed by atoms with Crippen molar-refractivity contribution in [2.45, 2.75) is 548 Å². The van der Waals surface area contributed by atoms with E-state index >= 15 is 0 Å². The first-order valence-corrected chi connectivity index (χ1v) is 47.9. The number of hydrogen-bond acceptors (Lipinski definition) is 18. The van der Waals surface area contributed by atoms with E-state index in [2.05, 4.69) is 31.3 Å². The molecule has 12 N–H and O–H groups in total. The summed E-state index contributed by atoms with van der Waals surface area (Å²) in [6, 6.07) is -0.885. The molecule has 664 valence electrons. The molecule has 0 aromatic heterocycles. The van der Waals surface area contributed by atoms with Gasteiger partial charge in [-0.05, 0) is 38.5 Å². The molecule has 0 bridgehead atoms. The molecule has 19 heteroatoms. The van der Waals surface area contributed by atoms with E-state index in [9.17, 15) is 61.0 Å². The van der Waals surface area contributed by atoms with Crippen LogP contribution in [-0.2, 0) is 33.2 Å². The van der Waals surface area contributed by atoms with E-state index in [1.54, 1.807) is 0 Å². The van der Waals surface area contributed by atoms with Gasteiger partial charge in [-0.2, -0.15) is 0 Å². The molecule has 0 radical (unpaired) electrons. The lowest BCUT2D eigenvalue weighted by atomic mass is 9.96. The van der Waals surface area contributed by atoms with Gasteiger partial charge in [0.25, 0.3) is 0 Å². The molecule has 17 atom stereocenters. The molecular weight excluding hydrogens is 1420 g/mol. The predicted octanol–water partition coefficient (Wildman–Crippen LogP) is 19.0. The molecule has 3 aliphatic heterocycles. The lowest BCUT2D eigenvalue weighted by Crippen LogP contribution is -2.66. The highest BCUT2D eigenvalue weighted by atomic mass is 16.8. The Morgan fingerprint density at radius 3 is 0.866 bits per heavy atom. The minimum Gasteiger partial charge on any atom is -0.394 e. The van der Waals surface area contributed by atoms with Gasteiger partial charge in [0, 0.05) is 6.42 Å². The number of aliphatic hydroxyl groups is 11. The molecule has 3 rings (SSSR count). The summed E-state index contributed by atoms with van der Waals surface area (Å²) < 4.78 is 34.6. The fourth-order valence-corrected chi connectivity index (χ4v) is 16.7. The molecule has 3 heterocycles. The number of hydrogen-bond donors (Lipinski definition) is 12. The summed E-state index contributed by atoms with van der Waals surface area (Å²) in [6.45, 7) is 1.89. The molecule has 0 spiro atoms. The maximum Gasteiger partial charge on any atom is 0.220 e. The number of carbonyl (C=O) groups is 1. The number of aliphatic hydroxyl groups excluding tert-OH is 11. The monoisotopic (exact) mass is 1600 g/mol. The molecule has 3 aliphatic rings. The standard InChI is InChI=1S/C93H179NO18/c1-3-5-7-9-11-13-15-17-19-21-23-25-27-29-31-32-33-34-35-36-37-38-39-40-41-42-43-44-45-47-49-51-53-55-57-59-61-63-65-67-69-71-81(99)94-76(77(98)70-68-66-64-62-60-58-56-54-52-50-48-46-30-28-26-24-22-20-18-16-14-12-10-8-6-4-2)75-107-91-87(105)84(102)89(79(73-96)109-91)112-93-88(106)85(103)90(80(74-97)110-93)111-92-86(104)83(101)82(100)78(72-95)108-92/h21,23,76-80,82-93,95-98,100-106H,3-20,22,24-75H2,1-2H3,(H,94,99)/b23-21-. The quantitative estimate of drug-likeness (QED) is 0.0199. The van der Waals surface area contributed by atoms with E-state index in [0.717, 1.165) is 44.9 Å². The Kier molecular flexibility index (Phi) is 68.7. The highest BCUT2D eigenvalue weighted by Crippen LogP contribution is 2.34. The van der Waals surface area contributed by atoms with Crippen molar-refractivity contribution in [1.82, 2.24) is 5.32 Å². The first kappa shape index (κ1) is 105. The van der Waals surface area contributed by atoms with E-state index < -0.39 is 124 Å². The maximum absolute atomic E-state index is 13.6. The third-order valence-corrected chi connectivity index (χ3v) is 24.3. The summed E-state index contributed by atoms with van der Waals surface area (Å²) in [5.74, 6) is -0.231. The summed E-state index contributed by atoms with van der Waals surface area (Å²) in [6.07, 6.45) is 64.9. The highest BCUT2D eigenvalue weighted by Gasteiger charge is 2.54. The van der Waals surface area contributed by atoms with Gasteiger partial charge >= 0.3 is 0 Å². The molecule has 0 aliphatic carbocycles. The van der Waals surface area contributed by atoms with Crippen LogP contribution in [0.4, 0.5) is 0 Å². The van der Waals surface area contributed by atoms with Crippen molar-refractivity contribution in [3.63, 3.8) is 0 Å². The molecule has 3 fully saturated rings. The van der Waals surface area contributed by atoms with Crippen LogP contribution in [0.25, 0.3) is 0 Å². The second kappa shape index (κ2) is 73.5. The average molecular weight is 1600 g/mol. The van der Waals surface area contributed by atoms with Crippen molar-refractivity contribution >= 4 is 5.91 Å². The van der Waals surface area contributed by atoms with Gasteiger partial charge in [-0.25, -0.2) is 0 Å². The van der Waals surface area contributed by atoms with Crippen molar-refractivity contribution in [1.29, 1.82) is 0 Å². The number of nitrogens with one attached hydrogen (secondary N) is 1. The van der Waals surface area contributed by atoms with Crippen LogP contribution < -0.4 is 5.32 Å². The first-order valence-electron chi connectivity index (χ1n) is 47.9. The van der Waals surface area contributed by atoms with Crippen LogP contribution in [0, 0.1) is 0 Å². The Bertz CT molecular complexity index is 2060. The number of carbonyl (C=O) groups excluding carboxylic acids is 1. The van der Waals surface area contributed by atoms with Gasteiger partial charge in [-0.15, -0.1) is 0 Å². The zero-order valence-electron chi connectivity index (χ0n) is 72.0. The zero-order chi connectivity index (χ0) is 81.0. The smallest absolute Gasteiger partial charge is 0.220 e. The fraction of sp³-hybridized carbons (Fsp3) is 0.968. The molecule has 112 heavy (non-hydrogen) atoms. The lowest BCUT2D eigenvalue weighted by molar-refractivity contribution is -0.379. The van der Waals surface area contributed by atoms with E-state index in [4.69, 9.17) is 28.4 Å². The van der Waals surface area contributed by atoms with Gasteiger partial charge in [0.15, 0.2) is 18.9 Å². The Morgan fingerprint density at radius 1 is 0.312 bits per heavy atom. The SMILES string of the molecule is CCCCCCCCCC/C=C\CCCCCCCCCCCCCCCCCCCCCCCCCCCCCCCC(=O)NC(COC1OC(CO)C(OC2OC(CO)C(OC3OC(CO)C(O)C(O)C3O)C(O)C2O)C(O)C1O)C(O)CCCCCCCCCCCCCCCCCCCCCCCCCCCC. The van der Waals surface area contributed by atoms with Crippen LogP contribution in [0.2, 0.25) is 0 Å². The largest absolute Gasteiger partial charge is 0.394 e. The Labute approximate surface area is 684 Å². The normalized spacial score (nSPS) is 24.9. The van der Waals surface area contributed by atoms with Crippen molar-refractivity contribution in [3.8, 4) is 0 Å². The van der Waals surface area contributed by atoms with E-state index in [1.807, 2.05) is 0 Å². The van der Waals surface area contributed by atoms with Gasteiger partial charge in [-0.1, -0.05) is 411 Å². The van der Waals surface area contributed by atoms with Crippen LogP contribution in [-0.4, -0.2) is 193 Å². The van der Waals surface area contributed by atoms with Crippen LogP contribution in [0.15, 0.2) is 12.2 Å². The van der Waals surface area contributed by atoms with Crippen LogP contribution in [0.1, 0.15) is 444 Å². The van der Waals surface area contributed by atoms with Crippen LogP contribution in [0.5, 0.6) is 0 Å². The van der Waals surface area contributed by atoms with E-state index in [0.29, 0.717) is 12.8 Å². The summed E-state index contributed by atoms with van der Waals surface area (Å²) >= 11 is 0. The molecule has 19 nitrogen and oxygen atoms in total. The molecule has 0 aromatic carbocycles. The number of allylic oxidation sites excluding steroid dienone is 2. The van der Waals surface area contributed by atoms with E-state index in [1.165, 1.54) is 366 Å². The number of unbranched alkanes of at least 4 members (excludes halogenated alkanes) is 62. The topological polar surface area (TPSA) is 307 Å². The molecule has 0 saturated carbocycles. The minimum atomic E-state index is -1.97. The van der Waals surface area contributed by atoms with Crippen molar-refractivity contribution in [2.24, 2.45) is 0 Å². The molecule has 17 unspecified atom stereocenters. The summed E-state index contributed by atoms with van der Waals surface area (Å²) in [5.41, 5.74) is 0. The van der Waals surface area contributed by atoms with Crippen LogP contribution >= 0.6 is 0 Å². The van der Waals surface area contributed by atoms with Crippen LogP contribution in [0.3, 0.4) is 0 Å². The Balaban J connectivity index is 1.27. The predicted molar refractivity (Wildman–Crippen MR) is 453 cm³/mol. The number of ether oxygens (including phenoxy) is 6.